The van der Waals surface area contributed by atoms with E-state index in [0.29, 0.717) is 0 Å². The molecule has 14 heavy (non-hydrogen) atoms. The highest BCUT2D eigenvalue weighted by molar-refractivity contribution is 5.38. The van der Waals surface area contributed by atoms with E-state index >= 15 is 0 Å². The molecular weight excluding hydrogens is 168 g/mol. The van der Waals surface area contributed by atoms with Gasteiger partial charge in [0.05, 0.1) is 0 Å². The van der Waals surface area contributed by atoms with E-state index in [1.807, 2.05) is 0 Å². The van der Waals surface area contributed by atoms with E-state index in [4.69, 9.17) is 0 Å². The zero-order valence-corrected chi connectivity index (χ0v) is 9.64. The molecule has 0 aromatic heterocycles. The first kappa shape index (κ1) is 11.3. The summed E-state index contributed by atoms with van der Waals surface area (Å²) < 4.78 is 0. The molecule has 0 atom stereocenters. The molecule has 0 spiro atoms. The fraction of sp³-hybridized carbons (Fsp3) is 0.500. The van der Waals surface area contributed by atoms with Crippen molar-refractivity contribution in [1.82, 2.24) is 0 Å². The maximum Gasteiger partial charge on any atom is 0.00498 e. The summed E-state index contributed by atoms with van der Waals surface area (Å²) in [5, 5.41) is 0. The third-order valence-corrected chi connectivity index (χ3v) is 2.76. The zero-order chi connectivity index (χ0) is 10.4. The van der Waals surface area contributed by atoms with Crippen LogP contribution in [0.2, 0.25) is 0 Å². The Morgan fingerprint density at radius 2 is 1.79 bits per heavy atom. The van der Waals surface area contributed by atoms with Crippen LogP contribution in [-0.4, -0.2) is 0 Å². The van der Waals surface area contributed by atoms with Gasteiger partial charge < -0.3 is 0 Å². The van der Waals surface area contributed by atoms with Gasteiger partial charge in [-0.15, -0.1) is 0 Å². The van der Waals surface area contributed by atoms with Crippen LogP contribution in [-0.2, 0) is 6.42 Å². The van der Waals surface area contributed by atoms with Crippen molar-refractivity contribution in [2.75, 3.05) is 0 Å². The first-order valence-electron chi connectivity index (χ1n) is 5.76. The van der Waals surface area contributed by atoms with E-state index in [-0.39, 0.29) is 0 Å². The van der Waals surface area contributed by atoms with Gasteiger partial charge in [0, 0.05) is 5.92 Å². The second-order valence-electron chi connectivity index (χ2n) is 3.72. The Balaban J connectivity index is 2.90. The molecule has 0 aliphatic carbocycles. The molecule has 0 N–H and O–H groups in total. The van der Waals surface area contributed by atoms with E-state index in [2.05, 4.69) is 45.0 Å². The molecule has 0 aliphatic rings. The molecule has 0 fully saturated rings. The minimum atomic E-state index is 1.14. The lowest BCUT2D eigenvalue weighted by Gasteiger charge is -2.17. The third kappa shape index (κ3) is 2.60. The highest BCUT2D eigenvalue weighted by Crippen LogP contribution is 2.26. The molecule has 1 aromatic carbocycles. The number of benzene rings is 1. The van der Waals surface area contributed by atoms with Gasteiger partial charge in [-0.25, -0.2) is 0 Å². The molecule has 0 aliphatic heterocycles. The lowest BCUT2D eigenvalue weighted by Crippen LogP contribution is -2.02. The molecule has 0 heteroatoms. The zero-order valence-electron chi connectivity index (χ0n) is 9.64. The summed E-state index contributed by atoms with van der Waals surface area (Å²) in [7, 11) is 0. The summed E-state index contributed by atoms with van der Waals surface area (Å²) in [4.78, 5) is 0. The summed E-state index contributed by atoms with van der Waals surface area (Å²) in [6, 6.07) is 8.81. The predicted octanol–water partition coefficient (Wildman–Crippen LogP) is 4.38. The number of rotatable bonds is 5. The van der Waals surface area contributed by atoms with Crippen molar-refractivity contribution in [3.63, 3.8) is 0 Å². The normalized spacial score (nSPS) is 10.9. The van der Waals surface area contributed by atoms with Crippen LogP contribution in [0.3, 0.4) is 0 Å². The molecular formula is C14H21. The first-order chi connectivity index (χ1) is 6.83. The average molecular weight is 189 g/mol. The molecule has 0 saturated heterocycles. The monoisotopic (exact) mass is 189 g/mol. The van der Waals surface area contributed by atoms with Gasteiger partial charge in [0.25, 0.3) is 0 Å². The Morgan fingerprint density at radius 1 is 1.07 bits per heavy atom. The molecule has 0 bridgehead atoms. The lowest BCUT2D eigenvalue weighted by molar-refractivity contribution is 0.763. The Morgan fingerprint density at radius 3 is 2.36 bits per heavy atom. The van der Waals surface area contributed by atoms with Gasteiger partial charge in [-0.1, -0.05) is 51.5 Å². The van der Waals surface area contributed by atoms with Crippen molar-refractivity contribution < 1.29 is 0 Å². The summed E-state index contributed by atoms with van der Waals surface area (Å²) in [5.41, 5.74) is 3.00. The van der Waals surface area contributed by atoms with Crippen molar-refractivity contribution in [2.24, 2.45) is 0 Å². The Bertz CT molecular complexity index is 262. The molecule has 77 valence electrons. The second-order valence-corrected chi connectivity index (χ2v) is 3.72. The average Bonchev–Trinajstić information content (AvgIpc) is 2.26. The molecule has 1 rings (SSSR count). The minimum absolute atomic E-state index is 1.14. The Kier molecular flexibility index (Phi) is 4.72. The summed E-state index contributed by atoms with van der Waals surface area (Å²) in [6.45, 7) is 6.75. The van der Waals surface area contributed by atoms with Crippen molar-refractivity contribution in [3.8, 4) is 0 Å². The highest BCUT2D eigenvalue weighted by atomic mass is 14.2. The van der Waals surface area contributed by atoms with Crippen LogP contribution < -0.4 is 0 Å². The first-order valence-corrected chi connectivity index (χ1v) is 5.76. The molecule has 1 radical (unpaired) electrons. The van der Waals surface area contributed by atoms with Crippen LogP contribution in [0.5, 0.6) is 0 Å². The minimum Gasteiger partial charge on any atom is -0.0654 e. The number of aryl methyl sites for hydroxylation is 1. The van der Waals surface area contributed by atoms with Crippen LogP contribution >= 0.6 is 0 Å². The lowest BCUT2D eigenvalue weighted by atomic mass is 9.88. The standard InChI is InChI=1S/C14H21/c1-4-9-12(5-2)14-11-8-7-10-13(14)6-3/h7-8,10-11H,4-6,9H2,1-3H3. The SMILES string of the molecule is CCC[C](CC)c1ccccc1CC. The Hall–Kier alpha value is -0.780. The quantitative estimate of drug-likeness (QED) is 0.644. The maximum absolute atomic E-state index is 2.27. The fourth-order valence-corrected chi connectivity index (χ4v) is 1.98. The van der Waals surface area contributed by atoms with E-state index in [0.717, 1.165) is 6.42 Å². The summed E-state index contributed by atoms with van der Waals surface area (Å²) >= 11 is 0. The van der Waals surface area contributed by atoms with Gasteiger partial charge in [0.15, 0.2) is 0 Å². The molecule has 0 heterocycles. The third-order valence-electron chi connectivity index (χ3n) is 2.76. The smallest absolute Gasteiger partial charge is 0.00498 e. The largest absolute Gasteiger partial charge is 0.0654 e. The number of hydrogen-bond donors (Lipinski definition) is 0. The highest BCUT2D eigenvalue weighted by Gasteiger charge is 2.11. The van der Waals surface area contributed by atoms with E-state index < -0.39 is 0 Å². The second kappa shape index (κ2) is 5.85. The van der Waals surface area contributed by atoms with Gasteiger partial charge in [-0.05, 0) is 30.4 Å². The summed E-state index contributed by atoms with van der Waals surface area (Å²) in [6.07, 6.45) is 4.82. The number of hydrogen-bond acceptors (Lipinski definition) is 0. The molecule has 0 unspecified atom stereocenters. The van der Waals surface area contributed by atoms with Gasteiger partial charge in [0.2, 0.25) is 0 Å². The van der Waals surface area contributed by atoms with Gasteiger partial charge in [-0.2, -0.15) is 0 Å². The van der Waals surface area contributed by atoms with Gasteiger partial charge >= 0.3 is 0 Å². The molecule has 1 aromatic rings. The maximum atomic E-state index is 2.27. The molecule has 0 amide bonds. The van der Waals surface area contributed by atoms with Crippen molar-refractivity contribution in [2.45, 2.75) is 46.5 Å². The van der Waals surface area contributed by atoms with Crippen molar-refractivity contribution in [3.05, 3.63) is 41.3 Å². The fourth-order valence-electron chi connectivity index (χ4n) is 1.98. The topological polar surface area (TPSA) is 0 Å². The van der Waals surface area contributed by atoms with E-state index in [1.165, 1.54) is 30.4 Å². The van der Waals surface area contributed by atoms with Crippen LogP contribution in [0, 0.1) is 5.92 Å². The van der Waals surface area contributed by atoms with Crippen molar-refractivity contribution in [1.29, 1.82) is 0 Å². The van der Waals surface area contributed by atoms with Crippen LogP contribution in [0.4, 0.5) is 0 Å². The van der Waals surface area contributed by atoms with E-state index in [1.54, 1.807) is 5.92 Å². The van der Waals surface area contributed by atoms with Crippen molar-refractivity contribution >= 4 is 0 Å². The molecule has 0 nitrogen and oxygen atoms in total. The van der Waals surface area contributed by atoms with Crippen LogP contribution in [0.15, 0.2) is 24.3 Å². The Labute approximate surface area is 88.4 Å². The van der Waals surface area contributed by atoms with Gasteiger partial charge in [-0.3, -0.25) is 0 Å². The van der Waals surface area contributed by atoms with E-state index in [9.17, 15) is 0 Å². The molecule has 0 saturated carbocycles. The van der Waals surface area contributed by atoms with Crippen LogP contribution in [0.1, 0.15) is 51.2 Å². The van der Waals surface area contributed by atoms with Crippen LogP contribution in [0.25, 0.3) is 0 Å². The predicted molar refractivity (Wildman–Crippen MR) is 63.4 cm³/mol. The summed E-state index contributed by atoms with van der Waals surface area (Å²) in [5.74, 6) is 1.62. The van der Waals surface area contributed by atoms with Gasteiger partial charge in [0.1, 0.15) is 0 Å².